The van der Waals surface area contributed by atoms with Crippen molar-refractivity contribution in [2.45, 2.75) is 32.9 Å². The molecule has 1 aliphatic heterocycles. The van der Waals surface area contributed by atoms with Gasteiger partial charge in [-0.2, -0.15) is 0 Å². The van der Waals surface area contributed by atoms with Crippen molar-refractivity contribution >= 4 is 23.2 Å². The molecular weight excluding hydrogens is 468 g/mol. The van der Waals surface area contributed by atoms with E-state index in [9.17, 15) is 9.59 Å². The molecule has 4 rings (SSSR count). The molecule has 0 unspecified atom stereocenters. The van der Waals surface area contributed by atoms with Gasteiger partial charge in [0.05, 0.1) is 25.8 Å². The summed E-state index contributed by atoms with van der Waals surface area (Å²) in [7, 11) is 0. The molecule has 1 aromatic carbocycles. The summed E-state index contributed by atoms with van der Waals surface area (Å²) in [5.41, 5.74) is 0.905. The quantitative estimate of drug-likeness (QED) is 0.330. The van der Waals surface area contributed by atoms with Gasteiger partial charge in [-0.05, 0) is 54.6 Å². The number of hydrogen-bond acceptors (Lipinski definition) is 7. The number of hydrogen-bond donors (Lipinski definition) is 0. The molecule has 0 spiro atoms. The van der Waals surface area contributed by atoms with E-state index in [1.54, 1.807) is 22.1 Å². The molecule has 186 valence electrons. The van der Waals surface area contributed by atoms with E-state index >= 15 is 0 Å². The predicted molar refractivity (Wildman–Crippen MR) is 131 cm³/mol. The number of fused-ring (bicyclic) bond motifs is 1. The molecule has 0 N–H and O–H groups in total. The van der Waals surface area contributed by atoms with E-state index < -0.39 is 0 Å². The van der Waals surface area contributed by atoms with Crippen molar-refractivity contribution < 1.29 is 28.2 Å². The minimum absolute atomic E-state index is 0.0123. The summed E-state index contributed by atoms with van der Waals surface area (Å²) < 4.78 is 21.8. The van der Waals surface area contributed by atoms with Gasteiger partial charge in [0, 0.05) is 31.2 Å². The van der Waals surface area contributed by atoms with Gasteiger partial charge in [0.15, 0.2) is 11.5 Å². The van der Waals surface area contributed by atoms with Gasteiger partial charge < -0.3 is 28.4 Å². The molecule has 8 nitrogen and oxygen atoms in total. The van der Waals surface area contributed by atoms with E-state index in [0.717, 1.165) is 10.4 Å². The molecule has 9 heteroatoms. The van der Waals surface area contributed by atoms with Crippen molar-refractivity contribution in [1.29, 1.82) is 0 Å². The molecule has 0 fully saturated rings. The van der Waals surface area contributed by atoms with Gasteiger partial charge in [-0.1, -0.05) is 12.1 Å². The number of ether oxygens (including phenoxy) is 3. The topological polar surface area (TPSA) is 81.5 Å². The van der Waals surface area contributed by atoms with Crippen molar-refractivity contribution in [3.8, 4) is 11.5 Å². The van der Waals surface area contributed by atoms with Crippen molar-refractivity contribution in [3.63, 3.8) is 0 Å². The fourth-order valence-electron chi connectivity index (χ4n) is 3.81. The molecule has 3 heterocycles. The fraction of sp³-hybridized carbons (Fsp3) is 0.385. The number of nitrogens with zero attached hydrogens (tertiary/aromatic N) is 2. The van der Waals surface area contributed by atoms with Crippen molar-refractivity contribution in [2.24, 2.45) is 0 Å². The highest BCUT2D eigenvalue weighted by Crippen LogP contribution is 2.33. The van der Waals surface area contributed by atoms with Crippen LogP contribution in [0.1, 0.15) is 29.5 Å². The molecule has 0 saturated heterocycles. The molecular formula is C26H30N2O6S. The van der Waals surface area contributed by atoms with Crippen LogP contribution >= 0.6 is 11.3 Å². The van der Waals surface area contributed by atoms with Gasteiger partial charge in [-0.3, -0.25) is 9.59 Å². The molecule has 0 saturated carbocycles. The summed E-state index contributed by atoms with van der Waals surface area (Å²) in [5, 5.41) is 1.95. The van der Waals surface area contributed by atoms with E-state index in [1.165, 1.54) is 11.3 Å². The van der Waals surface area contributed by atoms with Crippen molar-refractivity contribution in [3.05, 3.63) is 70.3 Å². The number of carbonyl (C=O) groups is 2. The molecule has 0 bridgehead atoms. The lowest BCUT2D eigenvalue weighted by Gasteiger charge is -2.27. The highest BCUT2D eigenvalue weighted by atomic mass is 32.1. The Hall–Kier alpha value is -3.30. The van der Waals surface area contributed by atoms with E-state index in [0.29, 0.717) is 56.5 Å². The first-order chi connectivity index (χ1) is 17.1. The lowest BCUT2D eigenvalue weighted by Crippen LogP contribution is -2.43. The normalized spacial score (nSPS) is 12.0. The number of rotatable bonds is 13. The number of benzene rings is 1. The minimum Gasteiger partial charge on any atom is -0.467 e. The first-order valence-corrected chi connectivity index (χ1v) is 12.6. The average Bonchev–Trinajstić information content (AvgIpc) is 3.63. The van der Waals surface area contributed by atoms with Crippen LogP contribution < -0.4 is 9.47 Å². The Kier molecular flexibility index (Phi) is 8.80. The Morgan fingerprint density at radius 1 is 1.03 bits per heavy atom. The molecule has 2 aromatic heterocycles. The maximum absolute atomic E-state index is 13.5. The monoisotopic (exact) mass is 498 g/mol. The zero-order chi connectivity index (χ0) is 24.5. The molecule has 35 heavy (non-hydrogen) atoms. The number of furan rings is 1. The molecule has 2 amide bonds. The van der Waals surface area contributed by atoms with Crippen LogP contribution in [0.2, 0.25) is 0 Å². The van der Waals surface area contributed by atoms with Crippen LogP contribution in [0.15, 0.2) is 58.5 Å². The molecule has 3 aromatic rings. The standard InChI is InChI=1S/C26H30N2O6S/c1-2-31-11-5-10-27(25(29)15-22-7-4-13-35-22)18-26(30)28(17-21-6-3-12-32-21)16-20-8-9-23-24(14-20)34-19-33-23/h3-4,6-9,12-14H,2,5,10-11,15-19H2,1H3. The van der Waals surface area contributed by atoms with Crippen molar-refractivity contribution in [1.82, 2.24) is 9.80 Å². The van der Waals surface area contributed by atoms with Gasteiger partial charge in [0.25, 0.3) is 0 Å². The van der Waals surface area contributed by atoms with Crippen LogP contribution in [-0.2, 0) is 33.8 Å². The second-order valence-corrected chi connectivity index (χ2v) is 9.17. The smallest absolute Gasteiger partial charge is 0.242 e. The number of amides is 2. The van der Waals surface area contributed by atoms with Crippen LogP contribution in [0.4, 0.5) is 0 Å². The third-order valence-corrected chi connectivity index (χ3v) is 6.47. The summed E-state index contributed by atoms with van der Waals surface area (Å²) in [6.45, 7) is 4.38. The Morgan fingerprint density at radius 2 is 1.91 bits per heavy atom. The number of carbonyl (C=O) groups excluding carboxylic acids is 2. The largest absolute Gasteiger partial charge is 0.467 e. The van der Waals surface area contributed by atoms with E-state index in [2.05, 4.69) is 0 Å². The maximum Gasteiger partial charge on any atom is 0.242 e. The summed E-state index contributed by atoms with van der Waals surface area (Å²) in [6.07, 6.45) is 2.53. The Bertz CT molecular complexity index is 1080. The zero-order valence-corrected chi connectivity index (χ0v) is 20.6. The van der Waals surface area contributed by atoms with Crippen LogP contribution in [-0.4, -0.2) is 54.7 Å². The van der Waals surface area contributed by atoms with Gasteiger partial charge in [0.1, 0.15) is 5.76 Å². The second-order valence-electron chi connectivity index (χ2n) is 8.14. The summed E-state index contributed by atoms with van der Waals surface area (Å²) in [6, 6.07) is 13.1. The molecule has 1 aliphatic rings. The van der Waals surface area contributed by atoms with E-state index in [4.69, 9.17) is 18.6 Å². The minimum atomic E-state index is -0.157. The van der Waals surface area contributed by atoms with E-state index in [1.807, 2.05) is 48.7 Å². The third kappa shape index (κ3) is 7.10. The Balaban J connectivity index is 1.47. The Labute approximate surface area is 209 Å². The predicted octanol–water partition coefficient (Wildman–Crippen LogP) is 4.10. The van der Waals surface area contributed by atoms with Gasteiger partial charge in [-0.15, -0.1) is 11.3 Å². The van der Waals surface area contributed by atoms with Crippen LogP contribution in [0.3, 0.4) is 0 Å². The van der Waals surface area contributed by atoms with Gasteiger partial charge >= 0.3 is 0 Å². The second kappa shape index (κ2) is 12.4. The van der Waals surface area contributed by atoms with Crippen LogP contribution in [0.25, 0.3) is 0 Å². The third-order valence-electron chi connectivity index (χ3n) is 5.60. The summed E-state index contributed by atoms with van der Waals surface area (Å²) in [5.74, 6) is 1.80. The maximum atomic E-state index is 13.5. The zero-order valence-electron chi connectivity index (χ0n) is 19.8. The van der Waals surface area contributed by atoms with Gasteiger partial charge in [-0.25, -0.2) is 0 Å². The molecule has 0 radical (unpaired) electrons. The lowest BCUT2D eigenvalue weighted by atomic mass is 10.1. The van der Waals surface area contributed by atoms with Gasteiger partial charge in [0.2, 0.25) is 18.6 Å². The highest BCUT2D eigenvalue weighted by Gasteiger charge is 2.23. The SMILES string of the molecule is CCOCCCN(CC(=O)N(Cc1ccc2c(c1)OCO2)Cc1ccco1)C(=O)Cc1cccs1. The fourth-order valence-corrected chi connectivity index (χ4v) is 4.51. The molecule has 0 atom stereocenters. The van der Waals surface area contributed by atoms with Crippen LogP contribution in [0, 0.1) is 0 Å². The van der Waals surface area contributed by atoms with Crippen molar-refractivity contribution in [2.75, 3.05) is 33.1 Å². The lowest BCUT2D eigenvalue weighted by molar-refractivity contribution is -0.141. The average molecular weight is 499 g/mol. The Morgan fingerprint density at radius 3 is 2.69 bits per heavy atom. The summed E-state index contributed by atoms with van der Waals surface area (Å²) >= 11 is 1.54. The van der Waals surface area contributed by atoms with E-state index in [-0.39, 0.29) is 31.6 Å². The number of thiophene rings is 1. The van der Waals surface area contributed by atoms with Crippen LogP contribution in [0.5, 0.6) is 11.5 Å². The highest BCUT2D eigenvalue weighted by molar-refractivity contribution is 7.10. The first kappa shape index (κ1) is 24.8. The first-order valence-electron chi connectivity index (χ1n) is 11.7. The summed E-state index contributed by atoms with van der Waals surface area (Å²) in [4.78, 5) is 30.9. The molecule has 0 aliphatic carbocycles.